The summed E-state index contributed by atoms with van der Waals surface area (Å²) in [6, 6.07) is 0. The van der Waals surface area contributed by atoms with Crippen LogP contribution in [-0.4, -0.2) is 92.1 Å². The van der Waals surface area contributed by atoms with Gasteiger partial charge < -0.3 is 26.0 Å². The zero-order valence-electron chi connectivity index (χ0n) is 21.4. The Balaban J connectivity index is 1.72. The van der Waals surface area contributed by atoms with Crippen LogP contribution in [0, 0.1) is 18.5 Å². The van der Waals surface area contributed by atoms with E-state index in [0.717, 1.165) is 14.0 Å². The van der Waals surface area contributed by atoms with Gasteiger partial charge in [-0.25, -0.2) is 9.59 Å². The predicted octanol–water partition coefficient (Wildman–Crippen LogP) is -3.19. The molecule has 0 atom stereocenters. The summed E-state index contributed by atoms with van der Waals surface area (Å²) in [7, 11) is 0. The number of hydrogen-bond acceptors (Lipinski definition) is 9. The third-order valence-electron chi connectivity index (χ3n) is 5.29. The number of nitrogens with zero attached hydrogens (tertiary/aromatic N) is 3. The smallest absolute Gasteiger partial charge is 0.328 e. The van der Waals surface area contributed by atoms with E-state index in [0.29, 0.717) is 5.56 Å². The highest BCUT2D eigenvalue weighted by Gasteiger charge is 2.18. The van der Waals surface area contributed by atoms with Crippen molar-refractivity contribution in [3.63, 3.8) is 0 Å². The van der Waals surface area contributed by atoms with Gasteiger partial charge in [0.25, 0.3) is 5.56 Å². The summed E-state index contributed by atoms with van der Waals surface area (Å²) in [6.07, 6.45) is 2.69. The molecule has 0 fully saturated rings. The van der Waals surface area contributed by atoms with Crippen molar-refractivity contribution in [1.29, 1.82) is 0 Å². The maximum atomic E-state index is 12.6. The SMILES string of the molecule is Cc1cn(CC(=O)NCCNCC(=O)NCCN(CC(=O)O)C(=O)Cn2cc(C)c(=S)[nH]c2=O)c(=O)[nH]c1=O. The number of H-pyrrole nitrogens is 2. The topological polar surface area (TPSA) is 220 Å². The first-order valence-corrected chi connectivity index (χ1v) is 12.1. The quantitative estimate of drug-likeness (QED) is 0.0993. The molecule has 0 aliphatic carbocycles. The number of rotatable bonds is 14. The standard InChI is InChI=1S/C22H30N8O8S/c1-13-8-29(21(37)26-19(13)36)10-16(32)24-4-3-23-7-15(31)25-5-6-28(12-18(34)35)17(33)11-30-9-14(2)20(39)27-22(30)38/h8-9,23H,3-7,10-12H2,1-2H3,(H,24,32)(H,25,31)(H,34,35)(H,26,36,37)(H,27,38,39). The monoisotopic (exact) mass is 566 g/mol. The molecule has 2 heterocycles. The zero-order valence-corrected chi connectivity index (χ0v) is 22.2. The van der Waals surface area contributed by atoms with Crippen molar-refractivity contribution in [2.45, 2.75) is 26.9 Å². The van der Waals surface area contributed by atoms with E-state index in [-0.39, 0.29) is 49.5 Å². The number of carbonyl (C=O) groups is 4. The van der Waals surface area contributed by atoms with E-state index in [1.165, 1.54) is 19.3 Å². The number of carboxylic acid groups (broad SMARTS) is 1. The third-order valence-corrected chi connectivity index (χ3v) is 5.71. The van der Waals surface area contributed by atoms with Gasteiger partial charge in [-0.3, -0.25) is 43.1 Å². The molecule has 17 heteroatoms. The summed E-state index contributed by atoms with van der Waals surface area (Å²) in [4.78, 5) is 88.5. The molecule has 0 saturated heterocycles. The fraction of sp³-hybridized carbons (Fsp3) is 0.455. The van der Waals surface area contributed by atoms with Gasteiger partial charge in [-0.2, -0.15) is 0 Å². The van der Waals surface area contributed by atoms with E-state index in [4.69, 9.17) is 17.3 Å². The lowest BCUT2D eigenvalue weighted by Gasteiger charge is -2.21. The molecule has 0 spiro atoms. The van der Waals surface area contributed by atoms with E-state index in [1.807, 2.05) is 0 Å². The largest absolute Gasteiger partial charge is 0.480 e. The molecule has 0 saturated carbocycles. The summed E-state index contributed by atoms with van der Waals surface area (Å²) in [6.45, 7) is 2.00. The Labute approximate surface area is 226 Å². The highest BCUT2D eigenvalue weighted by molar-refractivity contribution is 7.71. The van der Waals surface area contributed by atoms with Crippen LogP contribution in [0.2, 0.25) is 0 Å². The molecular formula is C22H30N8O8S. The Kier molecular flexibility index (Phi) is 11.5. The number of hydrogen-bond donors (Lipinski definition) is 6. The summed E-state index contributed by atoms with van der Waals surface area (Å²) in [5.74, 6) is -2.78. The fourth-order valence-corrected chi connectivity index (χ4v) is 3.41. The van der Waals surface area contributed by atoms with E-state index < -0.39 is 53.7 Å². The van der Waals surface area contributed by atoms with Gasteiger partial charge in [0.15, 0.2) is 0 Å². The van der Waals surface area contributed by atoms with E-state index in [9.17, 15) is 33.6 Å². The number of aromatic amines is 2. The maximum absolute atomic E-state index is 12.6. The second kappa shape index (κ2) is 14.5. The van der Waals surface area contributed by atoms with Crippen molar-refractivity contribution in [1.82, 2.24) is 40.0 Å². The minimum absolute atomic E-state index is 0.0330. The molecule has 3 amide bonds. The van der Waals surface area contributed by atoms with Crippen molar-refractivity contribution in [2.24, 2.45) is 0 Å². The fourth-order valence-electron chi connectivity index (χ4n) is 3.27. The molecule has 16 nitrogen and oxygen atoms in total. The van der Waals surface area contributed by atoms with Crippen LogP contribution in [-0.2, 0) is 32.3 Å². The number of carbonyl (C=O) groups excluding carboxylic acids is 3. The van der Waals surface area contributed by atoms with Gasteiger partial charge in [0.2, 0.25) is 17.7 Å². The van der Waals surface area contributed by atoms with Gasteiger partial charge in [0.1, 0.15) is 24.3 Å². The van der Waals surface area contributed by atoms with Crippen LogP contribution in [0.25, 0.3) is 0 Å². The molecule has 0 bridgehead atoms. The number of nitrogens with one attached hydrogen (secondary N) is 5. The Bertz CT molecular complexity index is 1460. The van der Waals surface area contributed by atoms with Gasteiger partial charge in [0, 0.05) is 49.7 Å². The molecule has 0 aromatic carbocycles. The van der Waals surface area contributed by atoms with Crippen LogP contribution in [0.15, 0.2) is 26.8 Å². The van der Waals surface area contributed by atoms with E-state index in [2.05, 4.69) is 25.9 Å². The van der Waals surface area contributed by atoms with Crippen LogP contribution < -0.4 is 32.9 Å². The predicted molar refractivity (Wildman–Crippen MR) is 140 cm³/mol. The summed E-state index contributed by atoms with van der Waals surface area (Å²) >= 11 is 4.97. The summed E-state index contributed by atoms with van der Waals surface area (Å²) in [5, 5.41) is 17.1. The van der Waals surface area contributed by atoms with Gasteiger partial charge >= 0.3 is 17.3 Å². The number of aliphatic carboxylic acids is 1. The van der Waals surface area contributed by atoms with E-state index in [1.54, 1.807) is 6.92 Å². The zero-order chi connectivity index (χ0) is 29.1. The molecule has 212 valence electrons. The average Bonchev–Trinajstić information content (AvgIpc) is 2.84. The lowest BCUT2D eigenvalue weighted by molar-refractivity contribution is -0.144. The lowest BCUT2D eigenvalue weighted by Crippen LogP contribution is -2.45. The molecule has 6 N–H and O–H groups in total. The van der Waals surface area contributed by atoms with Crippen LogP contribution in [0.4, 0.5) is 0 Å². The second-order valence-corrected chi connectivity index (χ2v) is 8.89. The molecular weight excluding hydrogens is 536 g/mol. The van der Waals surface area contributed by atoms with Crippen LogP contribution >= 0.6 is 12.2 Å². The first kappa shape index (κ1) is 30.8. The summed E-state index contributed by atoms with van der Waals surface area (Å²) in [5.41, 5.74) is -0.971. The minimum atomic E-state index is -1.25. The molecule has 2 aromatic rings. The molecule has 0 aliphatic heterocycles. The van der Waals surface area contributed by atoms with Crippen LogP contribution in [0.3, 0.4) is 0 Å². The number of amides is 3. The Morgan fingerprint density at radius 1 is 0.897 bits per heavy atom. The summed E-state index contributed by atoms with van der Waals surface area (Å²) < 4.78 is 2.39. The molecule has 0 unspecified atom stereocenters. The Hall–Kier alpha value is -4.38. The van der Waals surface area contributed by atoms with Gasteiger partial charge in [0.05, 0.1) is 6.54 Å². The molecule has 0 aliphatic rings. The maximum Gasteiger partial charge on any atom is 0.328 e. The van der Waals surface area contributed by atoms with Crippen molar-refractivity contribution < 1.29 is 24.3 Å². The first-order chi connectivity index (χ1) is 18.4. The minimum Gasteiger partial charge on any atom is -0.480 e. The first-order valence-electron chi connectivity index (χ1n) is 11.7. The molecule has 39 heavy (non-hydrogen) atoms. The number of aromatic nitrogens is 4. The third kappa shape index (κ3) is 10.1. The van der Waals surface area contributed by atoms with Crippen LogP contribution in [0.1, 0.15) is 11.1 Å². The average molecular weight is 567 g/mol. The lowest BCUT2D eigenvalue weighted by atomic mass is 10.3. The van der Waals surface area contributed by atoms with Crippen LogP contribution in [0.5, 0.6) is 0 Å². The number of aryl methyl sites for hydroxylation is 2. The van der Waals surface area contributed by atoms with Crippen molar-refractivity contribution >= 4 is 35.9 Å². The Morgan fingerprint density at radius 3 is 2.21 bits per heavy atom. The van der Waals surface area contributed by atoms with Crippen molar-refractivity contribution in [3.8, 4) is 0 Å². The highest BCUT2D eigenvalue weighted by atomic mass is 32.1. The second-order valence-electron chi connectivity index (χ2n) is 8.48. The van der Waals surface area contributed by atoms with Gasteiger partial charge in [-0.05, 0) is 13.8 Å². The molecule has 2 aromatic heterocycles. The normalized spacial score (nSPS) is 10.6. The van der Waals surface area contributed by atoms with Crippen molar-refractivity contribution in [3.05, 3.63) is 59.5 Å². The molecule has 2 rings (SSSR count). The van der Waals surface area contributed by atoms with Gasteiger partial charge in [-0.1, -0.05) is 12.2 Å². The molecule has 0 radical (unpaired) electrons. The van der Waals surface area contributed by atoms with Gasteiger partial charge in [-0.15, -0.1) is 0 Å². The highest BCUT2D eigenvalue weighted by Crippen LogP contribution is 1.97. The Morgan fingerprint density at radius 2 is 1.51 bits per heavy atom. The van der Waals surface area contributed by atoms with E-state index >= 15 is 0 Å². The van der Waals surface area contributed by atoms with Crippen molar-refractivity contribution in [2.75, 3.05) is 39.3 Å². The number of carboxylic acids is 1.